The maximum absolute atomic E-state index is 14.2. The van der Waals surface area contributed by atoms with E-state index in [0.29, 0.717) is 40.9 Å². The second-order valence-electron chi connectivity index (χ2n) is 11.7. The van der Waals surface area contributed by atoms with Crippen molar-refractivity contribution in [3.05, 3.63) is 58.7 Å². The number of nitrogens with zero attached hydrogens (tertiary/aromatic N) is 3. The van der Waals surface area contributed by atoms with Gasteiger partial charge in [-0.05, 0) is 73.7 Å². The predicted octanol–water partition coefficient (Wildman–Crippen LogP) is 4.11. The summed E-state index contributed by atoms with van der Waals surface area (Å²) in [5.74, 6) is -2.41. The van der Waals surface area contributed by atoms with Gasteiger partial charge >= 0.3 is 7.60 Å². The lowest BCUT2D eigenvalue weighted by atomic mass is 9.99. The molecular weight excluding hydrogens is 610 g/mol. The van der Waals surface area contributed by atoms with Crippen molar-refractivity contribution in [3.8, 4) is 5.75 Å². The first-order valence-corrected chi connectivity index (χ1v) is 17.2. The van der Waals surface area contributed by atoms with Crippen LogP contribution < -0.4 is 10.1 Å². The van der Waals surface area contributed by atoms with Crippen molar-refractivity contribution in [2.75, 3.05) is 20.2 Å². The zero-order valence-electron chi connectivity index (χ0n) is 24.1. The Labute approximate surface area is 257 Å². The number of amides is 3. The lowest BCUT2D eigenvalue weighted by Gasteiger charge is -2.32. The molecule has 234 valence electrons. The molecule has 3 fully saturated rings. The third-order valence-corrected chi connectivity index (χ3v) is 11.0. The number of rotatable bonds is 7. The van der Waals surface area contributed by atoms with Crippen LogP contribution in [0.1, 0.15) is 71.2 Å². The van der Waals surface area contributed by atoms with Crippen LogP contribution in [0.25, 0.3) is 10.1 Å². The van der Waals surface area contributed by atoms with Crippen LogP contribution in [-0.4, -0.2) is 80.6 Å². The van der Waals surface area contributed by atoms with Crippen LogP contribution in [0.2, 0.25) is 0 Å². The quantitative estimate of drug-likeness (QED) is 0.326. The number of likely N-dealkylation sites (tertiary alicyclic amines) is 1. The van der Waals surface area contributed by atoms with Crippen LogP contribution in [0, 0.1) is 0 Å². The molecule has 1 aromatic carbocycles. The average molecular weight is 645 g/mol. The Morgan fingerprint density at radius 1 is 1.16 bits per heavy atom. The van der Waals surface area contributed by atoms with Gasteiger partial charge in [-0.1, -0.05) is 6.07 Å². The second kappa shape index (κ2) is 12.2. The Balaban J connectivity index is 1.15. The van der Waals surface area contributed by atoms with Crippen LogP contribution in [-0.2, 0) is 14.2 Å². The minimum absolute atomic E-state index is 0.0550. The fraction of sp³-hybridized carbons (Fsp3) is 0.467. The summed E-state index contributed by atoms with van der Waals surface area (Å²) in [6.45, 7) is 1.10. The SMILES string of the molecule is COc1ccncc1[C@H]1CCN(C(=O)[C@@H]2CC[C@@H]3CCC[C@H](NC(=O)c4cc5cc(C(F)P(=O)(O)O)ccc5s4)C(=O)N32)C1. The highest BCUT2D eigenvalue weighted by molar-refractivity contribution is 7.51. The Morgan fingerprint density at radius 3 is 2.75 bits per heavy atom. The van der Waals surface area contributed by atoms with Crippen LogP contribution >= 0.6 is 18.9 Å². The number of carbonyl (C=O) groups excluding carboxylic acids is 3. The lowest BCUT2D eigenvalue weighted by molar-refractivity contribution is -0.145. The number of hydrogen-bond donors (Lipinski definition) is 3. The first-order valence-electron chi connectivity index (χ1n) is 14.7. The number of ether oxygens (including phenoxy) is 1. The van der Waals surface area contributed by atoms with Gasteiger partial charge in [0.2, 0.25) is 17.7 Å². The number of pyridine rings is 1. The van der Waals surface area contributed by atoms with Gasteiger partial charge in [-0.15, -0.1) is 11.3 Å². The monoisotopic (exact) mass is 644 g/mol. The molecule has 0 spiro atoms. The summed E-state index contributed by atoms with van der Waals surface area (Å²) < 4.78 is 31.7. The van der Waals surface area contributed by atoms with Gasteiger partial charge in [0.15, 0.2) is 0 Å². The van der Waals surface area contributed by atoms with E-state index in [1.807, 2.05) is 11.0 Å². The van der Waals surface area contributed by atoms with Crippen molar-refractivity contribution in [1.82, 2.24) is 20.1 Å². The molecule has 3 aliphatic rings. The zero-order valence-corrected chi connectivity index (χ0v) is 25.8. The average Bonchev–Trinajstić information content (AvgIpc) is 3.75. The van der Waals surface area contributed by atoms with Gasteiger partial charge in [0.25, 0.3) is 5.91 Å². The van der Waals surface area contributed by atoms with Gasteiger partial charge in [0, 0.05) is 47.7 Å². The second-order valence-corrected chi connectivity index (χ2v) is 14.4. The molecule has 0 radical (unpaired) electrons. The molecule has 3 aliphatic heterocycles. The number of aromatic nitrogens is 1. The maximum Gasteiger partial charge on any atom is 0.363 e. The molecule has 2 aromatic heterocycles. The Kier molecular flexibility index (Phi) is 8.49. The van der Waals surface area contributed by atoms with Gasteiger partial charge in [0.1, 0.15) is 17.8 Å². The standard InChI is InChI=1S/C30H34FN4O7PS/c1-42-24-9-11-32-15-21(24)18-10-12-34(16-18)30(38)23-7-6-20-3-2-4-22(29(37)35(20)23)33-28(36)26-14-19-13-17(5-8-25(19)44-26)27(31)43(39,40)41/h5,8-9,11,13-15,18,20,22-23,27H,2-4,6-7,10,12,16H2,1H3,(H,33,36)(H2,39,40,41)/t18-,20-,22-,23-,27?/m0/s1. The van der Waals surface area contributed by atoms with E-state index in [1.54, 1.807) is 24.4 Å². The first-order chi connectivity index (χ1) is 21.0. The van der Waals surface area contributed by atoms with E-state index in [-0.39, 0.29) is 29.3 Å². The number of nitrogens with one attached hydrogen (secondary N) is 1. The number of carbonyl (C=O) groups is 3. The fourth-order valence-electron chi connectivity index (χ4n) is 6.79. The van der Waals surface area contributed by atoms with Gasteiger partial charge in [-0.25, -0.2) is 4.39 Å². The van der Waals surface area contributed by atoms with Crippen molar-refractivity contribution in [2.24, 2.45) is 0 Å². The number of alkyl halides is 1. The van der Waals surface area contributed by atoms with E-state index in [9.17, 15) is 33.1 Å². The van der Waals surface area contributed by atoms with Gasteiger partial charge < -0.3 is 29.6 Å². The summed E-state index contributed by atoms with van der Waals surface area (Å²) in [5.41, 5.74) is 0.793. The highest BCUT2D eigenvalue weighted by Gasteiger charge is 2.47. The lowest BCUT2D eigenvalue weighted by Crippen LogP contribution is -2.54. The molecule has 11 nitrogen and oxygen atoms in total. The van der Waals surface area contributed by atoms with Gasteiger partial charge in [0.05, 0.1) is 12.0 Å². The normalized spacial score (nSPS) is 24.7. The maximum atomic E-state index is 14.2. The van der Waals surface area contributed by atoms with Crippen molar-refractivity contribution in [2.45, 2.75) is 68.5 Å². The van der Waals surface area contributed by atoms with Crippen LogP contribution in [0.5, 0.6) is 5.75 Å². The zero-order chi connectivity index (χ0) is 31.2. The minimum atomic E-state index is -4.97. The van der Waals surface area contributed by atoms with E-state index in [2.05, 4.69) is 10.3 Å². The molecule has 3 aromatic rings. The number of thiophene rings is 1. The molecule has 1 unspecified atom stereocenters. The van der Waals surface area contributed by atoms with Crippen molar-refractivity contribution < 1.29 is 37.9 Å². The molecule has 44 heavy (non-hydrogen) atoms. The molecule has 3 amide bonds. The highest BCUT2D eigenvalue weighted by Crippen LogP contribution is 2.53. The number of benzene rings is 1. The molecular formula is C30H34FN4O7PS. The molecule has 3 saturated heterocycles. The number of methoxy groups -OCH3 is 1. The molecule has 6 rings (SSSR count). The van der Waals surface area contributed by atoms with E-state index in [0.717, 1.165) is 48.3 Å². The summed E-state index contributed by atoms with van der Waals surface area (Å²) in [5, 5.41) is 3.34. The summed E-state index contributed by atoms with van der Waals surface area (Å²) >= 11 is 1.14. The Bertz CT molecular complexity index is 1650. The largest absolute Gasteiger partial charge is 0.496 e. The first kappa shape index (κ1) is 30.6. The van der Waals surface area contributed by atoms with Crippen LogP contribution in [0.3, 0.4) is 0 Å². The summed E-state index contributed by atoms with van der Waals surface area (Å²) in [7, 11) is -3.36. The molecule has 0 saturated carbocycles. The van der Waals surface area contributed by atoms with Gasteiger partial charge in [-0.3, -0.25) is 23.9 Å². The Hall–Kier alpha value is -3.38. The smallest absolute Gasteiger partial charge is 0.363 e. The number of halogens is 1. The van der Waals surface area contributed by atoms with E-state index >= 15 is 0 Å². The number of hydrogen-bond acceptors (Lipinski definition) is 7. The molecule has 0 bridgehead atoms. The summed E-state index contributed by atoms with van der Waals surface area (Å²) in [6, 6.07) is 6.04. The van der Waals surface area contributed by atoms with Gasteiger partial charge in [-0.2, -0.15) is 0 Å². The fourth-order valence-corrected chi connectivity index (χ4v) is 8.29. The minimum Gasteiger partial charge on any atom is -0.496 e. The Morgan fingerprint density at radius 2 is 1.98 bits per heavy atom. The number of fused-ring (bicyclic) bond motifs is 2. The van der Waals surface area contributed by atoms with E-state index in [4.69, 9.17) is 4.74 Å². The molecule has 5 heterocycles. The van der Waals surface area contributed by atoms with Crippen molar-refractivity contribution >= 4 is 46.7 Å². The topological polar surface area (TPSA) is 149 Å². The van der Waals surface area contributed by atoms with Crippen molar-refractivity contribution in [1.29, 1.82) is 0 Å². The third-order valence-electron chi connectivity index (χ3n) is 8.98. The molecule has 5 atom stereocenters. The molecule has 0 aliphatic carbocycles. The van der Waals surface area contributed by atoms with E-state index < -0.39 is 31.5 Å². The predicted molar refractivity (Wildman–Crippen MR) is 161 cm³/mol. The third kappa shape index (κ3) is 5.85. The summed E-state index contributed by atoms with van der Waals surface area (Å²) in [4.78, 5) is 67.4. The van der Waals surface area contributed by atoms with Crippen LogP contribution in [0.15, 0.2) is 42.7 Å². The van der Waals surface area contributed by atoms with Crippen LogP contribution in [0.4, 0.5) is 4.39 Å². The molecule has 14 heteroatoms. The summed E-state index contributed by atoms with van der Waals surface area (Å²) in [6.07, 6.45) is 7.48. The highest BCUT2D eigenvalue weighted by atomic mass is 32.1. The molecule has 3 N–H and O–H groups in total. The van der Waals surface area contributed by atoms with Crippen molar-refractivity contribution in [3.63, 3.8) is 0 Å². The van der Waals surface area contributed by atoms with E-state index in [1.165, 1.54) is 24.3 Å².